The van der Waals surface area contributed by atoms with Crippen LogP contribution in [0.4, 0.5) is 0 Å². The minimum absolute atomic E-state index is 0.383. The highest BCUT2D eigenvalue weighted by molar-refractivity contribution is 8.00. The summed E-state index contributed by atoms with van der Waals surface area (Å²) in [4.78, 5) is 2.35. The zero-order valence-corrected chi connectivity index (χ0v) is 11.3. The molecule has 2 saturated heterocycles. The van der Waals surface area contributed by atoms with Gasteiger partial charge < -0.3 is 15.0 Å². The first kappa shape index (κ1) is 12.7. The third-order valence-corrected chi connectivity index (χ3v) is 5.05. The van der Waals surface area contributed by atoms with Crippen molar-refractivity contribution in [3.05, 3.63) is 0 Å². The Balaban J connectivity index is 1.63. The Labute approximate surface area is 103 Å². The molecule has 0 radical (unpaired) electrons. The second-order valence-electron chi connectivity index (χ2n) is 5.29. The molecular formula is C12H24N2OS. The van der Waals surface area contributed by atoms with E-state index in [9.17, 15) is 0 Å². The predicted octanol–water partition coefficient (Wildman–Crippen LogP) is 1.19. The van der Waals surface area contributed by atoms with Gasteiger partial charge in [0, 0.05) is 30.9 Å². The number of rotatable bonds is 4. The smallest absolute Gasteiger partial charge is 0.0826 e. The SMILES string of the molecule is CN1CCOC(CNCC2(C)CCCS2)C1. The van der Waals surface area contributed by atoms with Crippen molar-refractivity contribution in [2.24, 2.45) is 0 Å². The van der Waals surface area contributed by atoms with E-state index >= 15 is 0 Å². The van der Waals surface area contributed by atoms with Gasteiger partial charge in [-0.3, -0.25) is 0 Å². The van der Waals surface area contributed by atoms with E-state index in [2.05, 4.69) is 35.9 Å². The number of hydrogen-bond acceptors (Lipinski definition) is 4. The van der Waals surface area contributed by atoms with Crippen molar-refractivity contribution in [1.29, 1.82) is 0 Å². The molecule has 94 valence electrons. The van der Waals surface area contributed by atoms with E-state index in [0.717, 1.165) is 32.8 Å². The summed E-state index contributed by atoms with van der Waals surface area (Å²) in [5.41, 5.74) is 0. The molecule has 2 heterocycles. The Morgan fingerprint density at radius 1 is 1.56 bits per heavy atom. The van der Waals surface area contributed by atoms with E-state index in [1.165, 1.54) is 18.6 Å². The molecule has 4 heteroatoms. The molecule has 2 aliphatic heterocycles. The second-order valence-corrected chi connectivity index (χ2v) is 6.97. The molecule has 0 aromatic rings. The van der Waals surface area contributed by atoms with Gasteiger partial charge in [0.25, 0.3) is 0 Å². The van der Waals surface area contributed by atoms with Crippen LogP contribution in [0.1, 0.15) is 19.8 Å². The molecule has 0 bridgehead atoms. The summed E-state index contributed by atoms with van der Waals surface area (Å²) in [6.45, 7) is 7.53. The molecule has 2 fully saturated rings. The van der Waals surface area contributed by atoms with Gasteiger partial charge in [0.05, 0.1) is 12.7 Å². The Bertz CT molecular complexity index is 219. The molecule has 0 spiro atoms. The van der Waals surface area contributed by atoms with Crippen molar-refractivity contribution >= 4 is 11.8 Å². The van der Waals surface area contributed by atoms with Gasteiger partial charge >= 0.3 is 0 Å². The summed E-state index contributed by atoms with van der Waals surface area (Å²) in [7, 11) is 2.17. The summed E-state index contributed by atoms with van der Waals surface area (Å²) in [5.74, 6) is 1.33. The largest absolute Gasteiger partial charge is 0.374 e. The maximum Gasteiger partial charge on any atom is 0.0826 e. The monoisotopic (exact) mass is 244 g/mol. The molecule has 2 rings (SSSR count). The maximum atomic E-state index is 5.74. The van der Waals surface area contributed by atoms with Crippen LogP contribution < -0.4 is 5.32 Å². The van der Waals surface area contributed by atoms with Crippen LogP contribution in [0.5, 0.6) is 0 Å². The fourth-order valence-corrected chi connectivity index (χ4v) is 3.74. The van der Waals surface area contributed by atoms with Crippen LogP contribution in [-0.4, -0.2) is 61.3 Å². The molecular weight excluding hydrogens is 220 g/mol. The highest BCUT2D eigenvalue weighted by Gasteiger charge is 2.29. The lowest BCUT2D eigenvalue weighted by Gasteiger charge is -2.31. The molecule has 16 heavy (non-hydrogen) atoms. The van der Waals surface area contributed by atoms with E-state index in [4.69, 9.17) is 4.74 Å². The number of hydrogen-bond donors (Lipinski definition) is 1. The predicted molar refractivity (Wildman–Crippen MR) is 70.2 cm³/mol. The van der Waals surface area contributed by atoms with E-state index in [0.29, 0.717) is 10.9 Å². The van der Waals surface area contributed by atoms with Crippen LogP contribution in [0.15, 0.2) is 0 Å². The van der Waals surface area contributed by atoms with E-state index in [1.807, 2.05) is 0 Å². The van der Waals surface area contributed by atoms with Crippen molar-refractivity contribution in [3.8, 4) is 0 Å². The standard InChI is InChI=1S/C12H24N2OS/c1-12(4-3-7-16-12)10-13-8-11-9-14(2)5-6-15-11/h11,13H,3-10H2,1-2H3. The summed E-state index contributed by atoms with van der Waals surface area (Å²) < 4.78 is 6.21. The fraction of sp³-hybridized carbons (Fsp3) is 1.00. The summed E-state index contributed by atoms with van der Waals surface area (Å²) >= 11 is 2.12. The Hall–Kier alpha value is 0.230. The Kier molecular flexibility index (Phi) is 4.53. The average Bonchev–Trinajstić information content (AvgIpc) is 2.65. The lowest BCUT2D eigenvalue weighted by atomic mass is 10.1. The first-order valence-corrected chi connectivity index (χ1v) is 7.31. The average molecular weight is 244 g/mol. The minimum Gasteiger partial charge on any atom is -0.374 e. The number of likely N-dealkylation sites (N-methyl/N-ethyl adjacent to an activating group) is 1. The molecule has 2 aliphatic rings. The molecule has 0 aromatic carbocycles. The Morgan fingerprint density at radius 3 is 3.12 bits per heavy atom. The van der Waals surface area contributed by atoms with E-state index < -0.39 is 0 Å². The Morgan fingerprint density at radius 2 is 2.44 bits per heavy atom. The molecule has 1 N–H and O–H groups in total. The molecule has 2 unspecified atom stereocenters. The molecule has 0 aromatic heterocycles. The summed E-state index contributed by atoms with van der Waals surface area (Å²) in [6, 6.07) is 0. The zero-order valence-electron chi connectivity index (χ0n) is 10.5. The van der Waals surface area contributed by atoms with Crippen LogP contribution >= 0.6 is 11.8 Å². The molecule has 0 amide bonds. The molecule has 0 saturated carbocycles. The van der Waals surface area contributed by atoms with Gasteiger partial charge in [-0.15, -0.1) is 0 Å². The van der Waals surface area contributed by atoms with Crippen LogP contribution in [0.2, 0.25) is 0 Å². The fourth-order valence-electron chi connectivity index (χ4n) is 2.46. The summed E-state index contributed by atoms with van der Waals surface area (Å²) in [5, 5.41) is 3.59. The van der Waals surface area contributed by atoms with Crippen molar-refractivity contribution < 1.29 is 4.74 Å². The lowest BCUT2D eigenvalue weighted by Crippen LogP contribution is -2.46. The normalized spacial score (nSPS) is 36.8. The highest BCUT2D eigenvalue weighted by atomic mass is 32.2. The first-order valence-electron chi connectivity index (χ1n) is 6.33. The van der Waals surface area contributed by atoms with E-state index in [-0.39, 0.29) is 0 Å². The van der Waals surface area contributed by atoms with Gasteiger partial charge in [-0.1, -0.05) is 0 Å². The molecule has 2 atom stereocenters. The number of nitrogens with one attached hydrogen (secondary N) is 1. The number of morpholine rings is 1. The summed E-state index contributed by atoms with van der Waals surface area (Å²) in [6.07, 6.45) is 3.12. The number of nitrogens with zero attached hydrogens (tertiary/aromatic N) is 1. The lowest BCUT2D eigenvalue weighted by molar-refractivity contribution is -0.0181. The third kappa shape index (κ3) is 3.62. The van der Waals surface area contributed by atoms with Crippen LogP contribution in [0.3, 0.4) is 0 Å². The van der Waals surface area contributed by atoms with Crippen molar-refractivity contribution in [1.82, 2.24) is 10.2 Å². The minimum atomic E-state index is 0.383. The quantitative estimate of drug-likeness (QED) is 0.803. The van der Waals surface area contributed by atoms with Gasteiger partial charge in [-0.05, 0) is 32.6 Å². The van der Waals surface area contributed by atoms with Crippen LogP contribution in [0, 0.1) is 0 Å². The van der Waals surface area contributed by atoms with Gasteiger partial charge in [-0.25, -0.2) is 0 Å². The van der Waals surface area contributed by atoms with Gasteiger partial charge in [-0.2, -0.15) is 11.8 Å². The van der Waals surface area contributed by atoms with Crippen LogP contribution in [-0.2, 0) is 4.74 Å². The second kappa shape index (κ2) is 5.71. The molecule has 0 aliphatic carbocycles. The zero-order chi connectivity index (χ0) is 11.4. The van der Waals surface area contributed by atoms with E-state index in [1.54, 1.807) is 0 Å². The van der Waals surface area contributed by atoms with Crippen molar-refractivity contribution in [2.45, 2.75) is 30.6 Å². The number of thioether (sulfide) groups is 1. The third-order valence-electron chi connectivity index (χ3n) is 3.51. The number of ether oxygens (including phenoxy) is 1. The van der Waals surface area contributed by atoms with Crippen molar-refractivity contribution in [3.63, 3.8) is 0 Å². The van der Waals surface area contributed by atoms with Crippen LogP contribution in [0.25, 0.3) is 0 Å². The van der Waals surface area contributed by atoms with Gasteiger partial charge in [0.1, 0.15) is 0 Å². The molecule has 3 nitrogen and oxygen atoms in total. The topological polar surface area (TPSA) is 24.5 Å². The first-order chi connectivity index (χ1) is 7.68. The van der Waals surface area contributed by atoms with Crippen molar-refractivity contribution in [2.75, 3.05) is 45.6 Å². The van der Waals surface area contributed by atoms with Gasteiger partial charge in [0.15, 0.2) is 0 Å². The van der Waals surface area contributed by atoms with Gasteiger partial charge in [0.2, 0.25) is 0 Å². The maximum absolute atomic E-state index is 5.74. The highest BCUT2D eigenvalue weighted by Crippen LogP contribution is 2.36.